The summed E-state index contributed by atoms with van der Waals surface area (Å²) in [5.74, 6) is -0.565. The van der Waals surface area contributed by atoms with Crippen molar-refractivity contribution in [3.63, 3.8) is 0 Å². The Hall–Kier alpha value is -2.93. The van der Waals surface area contributed by atoms with Gasteiger partial charge in [0.2, 0.25) is 0 Å². The Kier molecular flexibility index (Phi) is 4.18. The molecular formula is C17H16FN3O3. The molecule has 0 aliphatic heterocycles. The molecule has 0 spiro atoms. The number of aromatic nitrogens is 2. The number of carbonyl (C=O) groups is 1. The van der Waals surface area contributed by atoms with E-state index in [2.05, 4.69) is 10.4 Å². The number of benzene rings is 1. The maximum absolute atomic E-state index is 13.7. The molecule has 7 heteroatoms. The lowest BCUT2D eigenvalue weighted by Gasteiger charge is -2.20. The van der Waals surface area contributed by atoms with Crippen molar-refractivity contribution in [2.24, 2.45) is 0 Å². The fraction of sp³-hybridized carbons (Fsp3) is 0.176. The number of hydrogen-bond acceptors (Lipinski definition) is 4. The van der Waals surface area contributed by atoms with Gasteiger partial charge in [-0.2, -0.15) is 5.10 Å². The third kappa shape index (κ3) is 3.21. The average molecular weight is 329 g/mol. The van der Waals surface area contributed by atoms with E-state index in [1.54, 1.807) is 30.3 Å². The van der Waals surface area contributed by atoms with E-state index < -0.39 is 17.3 Å². The first-order valence-electron chi connectivity index (χ1n) is 7.32. The standard InChI is InChI=1S/C17H16FN3O3/c1-17(23,15-7-4-10-24-15)11-19-16(22)13-8-9-21(20-13)14-6-3-2-5-12(14)18/h2-10,23H,11H2,1H3,(H,19,22). The molecule has 0 aliphatic rings. The number of rotatable bonds is 5. The van der Waals surface area contributed by atoms with Crippen LogP contribution >= 0.6 is 0 Å². The number of nitrogens with one attached hydrogen (secondary N) is 1. The van der Waals surface area contributed by atoms with Crippen molar-refractivity contribution in [2.75, 3.05) is 6.54 Å². The van der Waals surface area contributed by atoms with Gasteiger partial charge < -0.3 is 14.8 Å². The summed E-state index contributed by atoms with van der Waals surface area (Å²) in [5.41, 5.74) is -0.972. The maximum atomic E-state index is 13.7. The second-order valence-electron chi connectivity index (χ2n) is 5.53. The maximum Gasteiger partial charge on any atom is 0.271 e. The zero-order valence-corrected chi connectivity index (χ0v) is 12.9. The van der Waals surface area contributed by atoms with Gasteiger partial charge in [0.15, 0.2) is 5.69 Å². The van der Waals surface area contributed by atoms with Gasteiger partial charge in [-0.25, -0.2) is 9.07 Å². The Labute approximate surface area is 137 Å². The van der Waals surface area contributed by atoms with Crippen LogP contribution in [0, 0.1) is 5.82 Å². The lowest BCUT2D eigenvalue weighted by atomic mass is 10.0. The van der Waals surface area contributed by atoms with E-state index in [4.69, 9.17) is 4.42 Å². The molecule has 0 saturated carbocycles. The van der Waals surface area contributed by atoms with Crippen molar-refractivity contribution < 1.29 is 18.7 Å². The monoisotopic (exact) mass is 329 g/mol. The van der Waals surface area contributed by atoms with Crippen LogP contribution in [-0.2, 0) is 5.60 Å². The highest BCUT2D eigenvalue weighted by Crippen LogP contribution is 2.20. The van der Waals surface area contributed by atoms with E-state index in [9.17, 15) is 14.3 Å². The summed E-state index contributed by atoms with van der Waals surface area (Å²) in [4.78, 5) is 12.2. The molecule has 0 saturated heterocycles. The van der Waals surface area contributed by atoms with Crippen LogP contribution in [0.5, 0.6) is 0 Å². The molecule has 124 valence electrons. The molecule has 2 aromatic heterocycles. The number of para-hydroxylation sites is 1. The molecule has 0 bridgehead atoms. The second-order valence-corrected chi connectivity index (χ2v) is 5.53. The highest BCUT2D eigenvalue weighted by atomic mass is 19.1. The lowest BCUT2D eigenvalue weighted by Crippen LogP contribution is -2.38. The quantitative estimate of drug-likeness (QED) is 0.752. The van der Waals surface area contributed by atoms with Gasteiger partial charge in [0.05, 0.1) is 12.8 Å². The zero-order valence-electron chi connectivity index (χ0n) is 12.9. The van der Waals surface area contributed by atoms with Crippen LogP contribution in [0.15, 0.2) is 59.3 Å². The van der Waals surface area contributed by atoms with Gasteiger partial charge in [0.25, 0.3) is 5.91 Å². The van der Waals surface area contributed by atoms with Crippen molar-refractivity contribution in [2.45, 2.75) is 12.5 Å². The number of aliphatic hydroxyl groups is 1. The first-order valence-corrected chi connectivity index (χ1v) is 7.32. The zero-order chi connectivity index (χ0) is 17.2. The first kappa shape index (κ1) is 15.9. The molecule has 3 aromatic rings. The van der Waals surface area contributed by atoms with Crippen LogP contribution in [0.4, 0.5) is 4.39 Å². The number of hydrogen-bond donors (Lipinski definition) is 2. The van der Waals surface area contributed by atoms with Crippen molar-refractivity contribution in [3.05, 3.63) is 72.2 Å². The Morgan fingerprint density at radius 1 is 1.33 bits per heavy atom. The van der Waals surface area contributed by atoms with Crippen LogP contribution in [0.2, 0.25) is 0 Å². The Bertz CT molecular complexity index is 840. The normalized spacial score (nSPS) is 13.5. The summed E-state index contributed by atoms with van der Waals surface area (Å²) in [6.07, 6.45) is 2.94. The van der Waals surface area contributed by atoms with E-state index in [0.717, 1.165) is 0 Å². The molecule has 6 nitrogen and oxygen atoms in total. The minimum Gasteiger partial charge on any atom is -0.466 e. The van der Waals surface area contributed by atoms with E-state index in [0.29, 0.717) is 5.76 Å². The van der Waals surface area contributed by atoms with E-state index in [1.165, 1.54) is 36.2 Å². The number of nitrogens with zero attached hydrogens (tertiary/aromatic N) is 2. The highest BCUT2D eigenvalue weighted by Gasteiger charge is 2.27. The van der Waals surface area contributed by atoms with E-state index in [-0.39, 0.29) is 17.9 Å². The third-order valence-corrected chi connectivity index (χ3v) is 3.57. The van der Waals surface area contributed by atoms with Crippen LogP contribution < -0.4 is 5.32 Å². The van der Waals surface area contributed by atoms with Gasteiger partial charge in [0.1, 0.15) is 22.9 Å². The van der Waals surface area contributed by atoms with Gasteiger partial charge in [-0.3, -0.25) is 4.79 Å². The molecule has 1 aromatic carbocycles. The summed E-state index contributed by atoms with van der Waals surface area (Å²) in [7, 11) is 0. The third-order valence-electron chi connectivity index (χ3n) is 3.57. The molecule has 0 aliphatic carbocycles. The molecule has 24 heavy (non-hydrogen) atoms. The Morgan fingerprint density at radius 3 is 2.83 bits per heavy atom. The Morgan fingerprint density at radius 2 is 2.12 bits per heavy atom. The smallest absolute Gasteiger partial charge is 0.271 e. The number of furan rings is 1. The summed E-state index contributed by atoms with van der Waals surface area (Å²) in [6.45, 7) is 1.48. The first-order chi connectivity index (χ1) is 11.5. The number of amides is 1. The molecule has 2 N–H and O–H groups in total. The summed E-state index contributed by atoms with van der Waals surface area (Å²) >= 11 is 0. The van der Waals surface area contributed by atoms with Crippen LogP contribution in [0.25, 0.3) is 5.69 Å². The summed E-state index contributed by atoms with van der Waals surface area (Å²) < 4.78 is 20.2. The van der Waals surface area contributed by atoms with E-state index >= 15 is 0 Å². The largest absolute Gasteiger partial charge is 0.466 e. The molecule has 1 unspecified atom stereocenters. The van der Waals surface area contributed by atoms with Crippen LogP contribution in [0.1, 0.15) is 23.2 Å². The SMILES string of the molecule is CC(O)(CNC(=O)c1ccn(-c2ccccc2F)n1)c1ccco1. The second kappa shape index (κ2) is 6.29. The molecule has 1 atom stereocenters. The van der Waals surface area contributed by atoms with Crippen LogP contribution in [-0.4, -0.2) is 27.3 Å². The van der Waals surface area contributed by atoms with Crippen molar-refractivity contribution in [1.82, 2.24) is 15.1 Å². The fourth-order valence-corrected chi connectivity index (χ4v) is 2.23. The van der Waals surface area contributed by atoms with Crippen molar-refractivity contribution >= 4 is 5.91 Å². The lowest BCUT2D eigenvalue weighted by molar-refractivity contribution is 0.0329. The van der Waals surface area contributed by atoms with Crippen molar-refractivity contribution in [3.8, 4) is 5.69 Å². The molecule has 1 amide bonds. The average Bonchev–Trinajstić information content (AvgIpc) is 3.25. The predicted molar refractivity (Wildman–Crippen MR) is 84.1 cm³/mol. The molecular weight excluding hydrogens is 313 g/mol. The van der Waals surface area contributed by atoms with Crippen molar-refractivity contribution in [1.29, 1.82) is 0 Å². The molecule has 0 fully saturated rings. The van der Waals surface area contributed by atoms with Crippen LogP contribution in [0.3, 0.4) is 0 Å². The molecule has 3 rings (SSSR count). The fourth-order valence-electron chi connectivity index (χ4n) is 2.23. The molecule has 2 heterocycles. The number of carbonyl (C=O) groups excluding carboxylic acids is 1. The highest BCUT2D eigenvalue weighted by molar-refractivity contribution is 5.92. The number of halogens is 1. The Balaban J connectivity index is 1.70. The predicted octanol–water partition coefficient (Wildman–Crippen LogP) is 2.24. The van der Waals surface area contributed by atoms with E-state index in [1.807, 2.05) is 0 Å². The minimum absolute atomic E-state index is 0.0497. The van der Waals surface area contributed by atoms with Gasteiger partial charge in [0, 0.05) is 6.20 Å². The van der Waals surface area contributed by atoms with Gasteiger partial charge in [-0.05, 0) is 37.3 Å². The summed E-state index contributed by atoms with van der Waals surface area (Å²) in [5, 5.41) is 17.0. The molecule has 0 radical (unpaired) electrons. The van der Waals surface area contributed by atoms with Gasteiger partial charge in [-0.15, -0.1) is 0 Å². The topological polar surface area (TPSA) is 80.3 Å². The summed E-state index contributed by atoms with van der Waals surface area (Å²) in [6, 6.07) is 10.9. The van der Waals surface area contributed by atoms with Gasteiger partial charge >= 0.3 is 0 Å². The minimum atomic E-state index is -1.34. The van der Waals surface area contributed by atoms with Gasteiger partial charge in [-0.1, -0.05) is 12.1 Å².